The van der Waals surface area contributed by atoms with Crippen molar-refractivity contribution in [3.05, 3.63) is 0 Å². The van der Waals surface area contributed by atoms with Crippen LogP contribution in [-0.2, 0) is 4.57 Å². The molecule has 0 aliphatic carbocycles. The molecule has 1 radical (unpaired) electrons. The monoisotopic (exact) mass is 107 g/mol. The van der Waals surface area contributed by atoms with Gasteiger partial charge in [-0.25, -0.2) is 4.67 Å². The fourth-order valence-corrected chi connectivity index (χ4v) is 0. The van der Waals surface area contributed by atoms with Crippen LogP contribution in [0.25, 0.3) is 0 Å². The summed E-state index contributed by atoms with van der Waals surface area (Å²) in [5.41, 5.74) is 6.50. The summed E-state index contributed by atoms with van der Waals surface area (Å²) in [4.78, 5) is 0. The molecule has 4 heteroatoms. The zero-order valence-electron chi connectivity index (χ0n) is 3.86. The Balaban J connectivity index is 3.26. The molecule has 6 heavy (non-hydrogen) atoms. The topological polar surface area (TPSA) is 44.1 Å². The summed E-state index contributed by atoms with van der Waals surface area (Å²) in [7, 11) is 1.12. The molecule has 0 heterocycles. The Bertz CT molecular complexity index is 62.6. The molecule has 0 saturated heterocycles. The van der Waals surface area contributed by atoms with Crippen molar-refractivity contribution >= 4 is 8.10 Å². The van der Waals surface area contributed by atoms with Crippen LogP contribution >= 0.6 is 8.10 Å². The molecule has 0 aliphatic heterocycles. The lowest BCUT2D eigenvalue weighted by Crippen LogP contribution is -1.97. The molecule has 0 amide bonds. The first-order valence-corrected chi connectivity index (χ1v) is 2.93. The molecule has 0 bridgehead atoms. The average molecular weight is 107 g/mol. The number of hydrogen-bond donors (Lipinski definition) is 0. The van der Waals surface area contributed by atoms with Crippen LogP contribution in [0.3, 0.4) is 0 Å². The van der Waals surface area contributed by atoms with E-state index < -0.39 is 8.10 Å². The normalized spacial score (nSPS) is 15.3. The molecule has 0 spiro atoms. The van der Waals surface area contributed by atoms with Gasteiger partial charge >= 0.3 is 0 Å². The van der Waals surface area contributed by atoms with E-state index in [1.54, 1.807) is 14.1 Å². The molecule has 0 aromatic heterocycles. The highest BCUT2D eigenvalue weighted by molar-refractivity contribution is 7.38. The molecular weight excluding hydrogens is 99.0 g/mol. The zero-order chi connectivity index (χ0) is 5.15. The zero-order valence-corrected chi connectivity index (χ0v) is 4.86. The molecule has 0 fully saturated rings. The van der Waals surface area contributed by atoms with Gasteiger partial charge in [0.2, 0.25) is 8.10 Å². The van der Waals surface area contributed by atoms with Crippen LogP contribution in [0.5, 0.6) is 0 Å². The van der Waals surface area contributed by atoms with E-state index in [2.05, 4.69) is 0 Å². The van der Waals surface area contributed by atoms with Crippen LogP contribution in [0.4, 0.5) is 0 Å². The summed E-state index contributed by atoms with van der Waals surface area (Å²) < 4.78 is 11.3. The van der Waals surface area contributed by atoms with E-state index in [1.165, 1.54) is 4.67 Å². The summed E-state index contributed by atoms with van der Waals surface area (Å²) in [5.74, 6) is 0. The molecule has 0 aliphatic rings. The third kappa shape index (κ3) is 2.39. The molecule has 1 atom stereocenters. The Hall–Kier alpha value is 0.150. The van der Waals surface area contributed by atoms with E-state index in [1.807, 2.05) is 0 Å². The average Bonchev–Trinajstić information content (AvgIpc) is 1.36. The maximum absolute atomic E-state index is 9.92. The van der Waals surface area contributed by atoms with Crippen molar-refractivity contribution < 1.29 is 4.57 Å². The number of hydrogen-bond acceptors (Lipinski definition) is 1. The lowest BCUT2D eigenvalue weighted by atomic mass is 11.3. The van der Waals surface area contributed by atoms with Gasteiger partial charge in [0.1, 0.15) is 0 Å². The highest BCUT2D eigenvalue weighted by Crippen LogP contribution is 2.11. The second-order valence-electron chi connectivity index (χ2n) is 1.20. The standard InChI is InChI=1S/C2H8N2OP/c1-4(2)6(3)5/h3,6H,1-2H3. The fourth-order valence-electron chi connectivity index (χ4n) is 0. The van der Waals surface area contributed by atoms with Gasteiger partial charge in [-0.2, -0.15) is 5.50 Å². The van der Waals surface area contributed by atoms with Crippen molar-refractivity contribution in [1.82, 2.24) is 10.2 Å². The predicted octanol–water partition coefficient (Wildman–Crippen LogP) is 0.221. The number of nitrogens with zero attached hydrogens (tertiary/aromatic N) is 1. The molecule has 1 unspecified atom stereocenters. The van der Waals surface area contributed by atoms with Gasteiger partial charge in [0, 0.05) is 0 Å². The molecule has 0 aromatic rings. The first-order chi connectivity index (χ1) is 2.64. The van der Waals surface area contributed by atoms with Crippen LogP contribution in [0.1, 0.15) is 0 Å². The summed E-state index contributed by atoms with van der Waals surface area (Å²) in [6.07, 6.45) is 0. The van der Waals surface area contributed by atoms with E-state index in [9.17, 15) is 4.57 Å². The summed E-state index contributed by atoms with van der Waals surface area (Å²) in [5, 5.41) is 0. The second kappa shape index (κ2) is 2.35. The Kier molecular flexibility index (Phi) is 2.40. The molecule has 0 saturated carbocycles. The third-order valence-corrected chi connectivity index (χ3v) is 1.22. The van der Waals surface area contributed by atoms with Gasteiger partial charge in [0.05, 0.1) is 0 Å². The van der Waals surface area contributed by atoms with Gasteiger partial charge in [-0.1, -0.05) is 0 Å². The Labute approximate surface area is 38.0 Å². The molecule has 0 rings (SSSR count). The first kappa shape index (κ1) is 6.15. The highest BCUT2D eigenvalue weighted by atomic mass is 31.1. The molecular formula is C2H8N2OP. The van der Waals surface area contributed by atoms with Crippen molar-refractivity contribution in [1.29, 1.82) is 0 Å². The minimum Gasteiger partial charge on any atom is -0.291 e. The maximum atomic E-state index is 9.92. The van der Waals surface area contributed by atoms with E-state index in [0.29, 0.717) is 0 Å². The van der Waals surface area contributed by atoms with Crippen molar-refractivity contribution in [2.75, 3.05) is 14.1 Å². The second-order valence-corrected chi connectivity index (χ2v) is 2.70. The van der Waals surface area contributed by atoms with E-state index >= 15 is 0 Å². The van der Waals surface area contributed by atoms with Crippen LogP contribution in [0.15, 0.2) is 0 Å². The van der Waals surface area contributed by atoms with E-state index in [0.717, 1.165) is 0 Å². The lowest BCUT2D eigenvalue weighted by Gasteiger charge is -1.99. The van der Waals surface area contributed by atoms with Crippen LogP contribution in [-0.4, -0.2) is 18.8 Å². The van der Waals surface area contributed by atoms with Gasteiger partial charge in [-0.3, -0.25) is 4.57 Å². The largest absolute Gasteiger partial charge is 0.291 e. The highest BCUT2D eigenvalue weighted by Gasteiger charge is 1.88. The van der Waals surface area contributed by atoms with Crippen LogP contribution in [0, 0.1) is 0 Å². The van der Waals surface area contributed by atoms with Crippen molar-refractivity contribution in [2.45, 2.75) is 0 Å². The molecule has 1 N–H and O–H groups in total. The molecule has 37 valence electrons. The summed E-state index contributed by atoms with van der Waals surface area (Å²) in [6.45, 7) is 0. The minimum atomic E-state index is -2.12. The smallest absolute Gasteiger partial charge is 0.215 e. The quantitative estimate of drug-likeness (QED) is 0.450. The first-order valence-electron chi connectivity index (χ1n) is 1.57. The van der Waals surface area contributed by atoms with Gasteiger partial charge in [-0.05, 0) is 14.1 Å². The van der Waals surface area contributed by atoms with Crippen molar-refractivity contribution in [3.8, 4) is 0 Å². The van der Waals surface area contributed by atoms with E-state index in [-0.39, 0.29) is 0 Å². The number of nitrogens with one attached hydrogen (secondary N) is 1. The van der Waals surface area contributed by atoms with Gasteiger partial charge in [-0.15, -0.1) is 0 Å². The summed E-state index contributed by atoms with van der Waals surface area (Å²) in [6, 6.07) is 0. The fraction of sp³-hybridized carbons (Fsp3) is 1.00. The molecule has 0 aromatic carbocycles. The maximum Gasteiger partial charge on any atom is 0.215 e. The molecule has 3 nitrogen and oxygen atoms in total. The lowest BCUT2D eigenvalue weighted by molar-refractivity contribution is 0.535. The van der Waals surface area contributed by atoms with Crippen molar-refractivity contribution in [2.24, 2.45) is 0 Å². The SMILES string of the molecule is CN(C)[PH]([NH])=O. The van der Waals surface area contributed by atoms with E-state index in [4.69, 9.17) is 5.50 Å². The third-order valence-electron chi connectivity index (χ3n) is 0.406. The number of rotatable bonds is 1. The predicted molar refractivity (Wildman–Crippen MR) is 25.8 cm³/mol. The van der Waals surface area contributed by atoms with Gasteiger partial charge in [0.15, 0.2) is 0 Å². The van der Waals surface area contributed by atoms with Crippen molar-refractivity contribution in [3.63, 3.8) is 0 Å². The van der Waals surface area contributed by atoms with Crippen LogP contribution in [0.2, 0.25) is 0 Å². The summed E-state index contributed by atoms with van der Waals surface area (Å²) >= 11 is 0. The van der Waals surface area contributed by atoms with Gasteiger partial charge in [0.25, 0.3) is 0 Å². The Morgan fingerprint density at radius 3 is 1.83 bits per heavy atom. The van der Waals surface area contributed by atoms with Gasteiger partial charge < -0.3 is 0 Å². The minimum absolute atomic E-state index is 1.38. The Morgan fingerprint density at radius 2 is 1.83 bits per heavy atom. The van der Waals surface area contributed by atoms with Crippen LogP contribution < -0.4 is 5.50 Å². The Morgan fingerprint density at radius 1 is 1.67 bits per heavy atom.